The van der Waals surface area contributed by atoms with Crippen molar-refractivity contribution in [1.29, 1.82) is 0 Å². The second-order valence-corrected chi connectivity index (χ2v) is 7.91. The third-order valence-electron chi connectivity index (χ3n) is 5.71. The number of hydrogen-bond donors (Lipinski definition) is 3. The molecule has 4 aromatic rings. The SMILES string of the molecule is Cl.Nc1ncnc2c1c(-c1cccc(C(=O)Nc3ccc(F)c(F)c3)c1)nn2[C@@H]1CCCNC1. The van der Waals surface area contributed by atoms with Crippen LogP contribution in [0.4, 0.5) is 20.3 Å². The lowest BCUT2D eigenvalue weighted by atomic mass is 10.1. The van der Waals surface area contributed by atoms with Gasteiger partial charge in [-0.1, -0.05) is 12.1 Å². The van der Waals surface area contributed by atoms with Gasteiger partial charge in [0.15, 0.2) is 17.3 Å². The first-order valence-electron chi connectivity index (χ1n) is 10.6. The summed E-state index contributed by atoms with van der Waals surface area (Å²) in [7, 11) is 0. The molecular weight excluding hydrogens is 464 g/mol. The third-order valence-corrected chi connectivity index (χ3v) is 5.71. The highest BCUT2D eigenvalue weighted by Gasteiger charge is 2.24. The van der Waals surface area contributed by atoms with Gasteiger partial charge in [0, 0.05) is 29.4 Å². The number of nitrogen functional groups attached to an aromatic ring is 1. The number of rotatable bonds is 4. The maximum absolute atomic E-state index is 13.5. The van der Waals surface area contributed by atoms with Gasteiger partial charge in [0.05, 0.1) is 11.4 Å². The van der Waals surface area contributed by atoms with Crippen LogP contribution in [0.1, 0.15) is 29.2 Å². The molecule has 0 radical (unpaired) electrons. The lowest BCUT2D eigenvalue weighted by Gasteiger charge is -2.23. The summed E-state index contributed by atoms with van der Waals surface area (Å²) >= 11 is 0. The summed E-state index contributed by atoms with van der Waals surface area (Å²) in [5.41, 5.74) is 8.57. The fraction of sp³-hybridized carbons (Fsp3) is 0.217. The topological polar surface area (TPSA) is 111 Å². The number of aromatic nitrogens is 4. The zero-order valence-electron chi connectivity index (χ0n) is 18.0. The monoisotopic (exact) mass is 485 g/mol. The summed E-state index contributed by atoms with van der Waals surface area (Å²) in [5.74, 6) is -2.18. The van der Waals surface area contributed by atoms with Crippen LogP contribution in [-0.2, 0) is 0 Å². The van der Waals surface area contributed by atoms with Gasteiger partial charge in [0.25, 0.3) is 5.91 Å². The Hall–Kier alpha value is -3.63. The minimum atomic E-state index is -1.04. The smallest absolute Gasteiger partial charge is 0.255 e. The molecule has 3 heterocycles. The summed E-state index contributed by atoms with van der Waals surface area (Å²) in [6, 6.07) is 10.2. The quantitative estimate of drug-likeness (QED) is 0.403. The number of fused-ring (bicyclic) bond motifs is 1. The molecule has 1 aliphatic rings. The molecule has 0 bridgehead atoms. The van der Waals surface area contributed by atoms with Crippen LogP contribution in [0.3, 0.4) is 0 Å². The van der Waals surface area contributed by atoms with E-state index in [-0.39, 0.29) is 24.1 Å². The highest BCUT2D eigenvalue weighted by Crippen LogP contribution is 2.33. The van der Waals surface area contributed by atoms with E-state index in [0.29, 0.717) is 33.7 Å². The van der Waals surface area contributed by atoms with Crippen molar-refractivity contribution in [2.45, 2.75) is 18.9 Å². The van der Waals surface area contributed by atoms with Crippen LogP contribution in [0.25, 0.3) is 22.3 Å². The minimum Gasteiger partial charge on any atom is -0.383 e. The number of nitrogens with two attached hydrogens (primary N) is 1. The average molecular weight is 486 g/mol. The van der Waals surface area contributed by atoms with E-state index in [9.17, 15) is 13.6 Å². The maximum atomic E-state index is 13.5. The Morgan fingerprint density at radius 2 is 2.00 bits per heavy atom. The summed E-state index contributed by atoms with van der Waals surface area (Å²) < 4.78 is 28.5. The van der Waals surface area contributed by atoms with Gasteiger partial charge >= 0.3 is 0 Å². The molecule has 1 fully saturated rings. The molecule has 1 saturated heterocycles. The molecule has 0 saturated carbocycles. The van der Waals surface area contributed by atoms with Gasteiger partial charge in [-0.05, 0) is 43.7 Å². The van der Waals surface area contributed by atoms with E-state index in [0.717, 1.165) is 38.1 Å². The Balaban J connectivity index is 0.00000274. The molecule has 0 aliphatic carbocycles. The summed E-state index contributed by atoms with van der Waals surface area (Å²) in [5, 5.41) is 11.4. The van der Waals surface area contributed by atoms with Crippen LogP contribution in [0, 0.1) is 11.6 Å². The second kappa shape index (κ2) is 9.70. The number of halogens is 3. The summed E-state index contributed by atoms with van der Waals surface area (Å²) in [6.45, 7) is 1.74. The molecule has 5 rings (SSSR count). The molecule has 0 unspecified atom stereocenters. The first kappa shape index (κ1) is 23.5. The van der Waals surface area contributed by atoms with Gasteiger partial charge in [-0.2, -0.15) is 5.10 Å². The van der Waals surface area contributed by atoms with E-state index >= 15 is 0 Å². The molecule has 4 N–H and O–H groups in total. The molecular formula is C23H22ClF2N7O. The number of piperidine rings is 1. The normalized spacial score (nSPS) is 15.6. The lowest BCUT2D eigenvalue weighted by Crippen LogP contribution is -2.32. The second-order valence-electron chi connectivity index (χ2n) is 7.91. The predicted molar refractivity (Wildman–Crippen MR) is 128 cm³/mol. The molecule has 1 amide bonds. The predicted octanol–water partition coefficient (Wildman–Crippen LogP) is 3.95. The highest BCUT2D eigenvalue weighted by atomic mass is 35.5. The van der Waals surface area contributed by atoms with Crippen molar-refractivity contribution < 1.29 is 13.6 Å². The van der Waals surface area contributed by atoms with E-state index < -0.39 is 17.5 Å². The van der Waals surface area contributed by atoms with Crippen LogP contribution in [-0.4, -0.2) is 38.7 Å². The van der Waals surface area contributed by atoms with Gasteiger partial charge in [-0.3, -0.25) is 4.79 Å². The molecule has 2 aromatic carbocycles. The zero-order valence-corrected chi connectivity index (χ0v) is 18.8. The van der Waals surface area contributed by atoms with Crippen molar-refractivity contribution >= 4 is 40.9 Å². The van der Waals surface area contributed by atoms with Crippen molar-refractivity contribution in [3.05, 3.63) is 66.0 Å². The molecule has 11 heteroatoms. The van der Waals surface area contributed by atoms with Crippen LogP contribution >= 0.6 is 12.4 Å². The van der Waals surface area contributed by atoms with Crippen molar-refractivity contribution in [2.24, 2.45) is 0 Å². The molecule has 1 aliphatic heterocycles. The largest absolute Gasteiger partial charge is 0.383 e. The fourth-order valence-electron chi connectivity index (χ4n) is 4.08. The number of anilines is 2. The molecule has 2 aromatic heterocycles. The van der Waals surface area contributed by atoms with Crippen LogP contribution < -0.4 is 16.4 Å². The third kappa shape index (κ3) is 4.42. The molecule has 0 spiro atoms. The number of amides is 1. The Kier molecular flexibility index (Phi) is 6.71. The Labute approximate surface area is 200 Å². The Morgan fingerprint density at radius 1 is 1.15 bits per heavy atom. The van der Waals surface area contributed by atoms with Gasteiger partial charge in [-0.15, -0.1) is 12.4 Å². The van der Waals surface area contributed by atoms with E-state index in [1.54, 1.807) is 18.2 Å². The van der Waals surface area contributed by atoms with E-state index in [1.165, 1.54) is 12.4 Å². The Morgan fingerprint density at radius 3 is 2.76 bits per heavy atom. The van der Waals surface area contributed by atoms with Crippen LogP contribution in [0.5, 0.6) is 0 Å². The van der Waals surface area contributed by atoms with Gasteiger partial charge < -0.3 is 16.4 Å². The number of hydrogen-bond acceptors (Lipinski definition) is 6. The van der Waals surface area contributed by atoms with E-state index in [1.807, 2.05) is 10.7 Å². The fourth-order valence-corrected chi connectivity index (χ4v) is 4.08. The van der Waals surface area contributed by atoms with Crippen molar-refractivity contribution in [1.82, 2.24) is 25.1 Å². The zero-order chi connectivity index (χ0) is 22.9. The standard InChI is InChI=1S/C23H21F2N7O.ClH/c24-17-7-6-15(10-18(17)25)30-23(33)14-4-1-3-13(9-14)20-19-21(26)28-12-29-22(19)32(31-20)16-5-2-8-27-11-16;/h1,3-4,6-7,9-10,12,16,27H,2,5,8,11H2,(H,30,33)(H2,26,28,29);1H/t16-;/m1./s1. The number of carbonyl (C=O) groups is 1. The van der Waals surface area contributed by atoms with Crippen molar-refractivity contribution in [3.63, 3.8) is 0 Å². The Bertz CT molecular complexity index is 1350. The lowest BCUT2D eigenvalue weighted by molar-refractivity contribution is 0.102. The van der Waals surface area contributed by atoms with Gasteiger partial charge in [-0.25, -0.2) is 23.4 Å². The molecule has 1 atom stereocenters. The summed E-state index contributed by atoms with van der Waals surface area (Å²) in [6.07, 6.45) is 3.41. The molecule has 176 valence electrons. The highest BCUT2D eigenvalue weighted by molar-refractivity contribution is 6.06. The number of carbonyl (C=O) groups excluding carboxylic acids is 1. The van der Waals surface area contributed by atoms with Gasteiger partial charge in [0.1, 0.15) is 17.8 Å². The first-order chi connectivity index (χ1) is 16.0. The van der Waals surface area contributed by atoms with Crippen molar-refractivity contribution in [2.75, 3.05) is 24.1 Å². The van der Waals surface area contributed by atoms with Crippen molar-refractivity contribution in [3.8, 4) is 11.3 Å². The number of nitrogens with zero attached hydrogens (tertiary/aromatic N) is 4. The number of nitrogens with one attached hydrogen (secondary N) is 2. The molecule has 34 heavy (non-hydrogen) atoms. The number of benzene rings is 2. The minimum absolute atomic E-state index is 0. The first-order valence-corrected chi connectivity index (χ1v) is 10.6. The summed E-state index contributed by atoms with van der Waals surface area (Å²) in [4.78, 5) is 21.3. The van der Waals surface area contributed by atoms with Crippen LogP contribution in [0.15, 0.2) is 48.8 Å². The van der Waals surface area contributed by atoms with E-state index in [2.05, 4.69) is 20.6 Å². The molecule has 8 nitrogen and oxygen atoms in total. The van der Waals surface area contributed by atoms with Crippen LogP contribution in [0.2, 0.25) is 0 Å². The maximum Gasteiger partial charge on any atom is 0.255 e. The van der Waals surface area contributed by atoms with E-state index in [4.69, 9.17) is 10.8 Å². The average Bonchev–Trinajstić information content (AvgIpc) is 3.23. The van der Waals surface area contributed by atoms with Gasteiger partial charge in [0.2, 0.25) is 0 Å².